The lowest BCUT2D eigenvalue weighted by atomic mass is 9.98. The fraction of sp³-hybridized carbons (Fsp3) is 0.421. The number of nitrogens with zero attached hydrogens (tertiary/aromatic N) is 2. The highest BCUT2D eigenvalue weighted by molar-refractivity contribution is 7.99. The number of ether oxygens (including phenoxy) is 1. The normalized spacial score (nSPS) is 19.3. The lowest BCUT2D eigenvalue weighted by molar-refractivity contribution is -0.128. The summed E-state index contributed by atoms with van der Waals surface area (Å²) in [5, 5.41) is 2.43. The molecule has 1 N–H and O–H groups in total. The zero-order valence-corrected chi connectivity index (χ0v) is 16.6. The Bertz CT molecular complexity index is 829. The van der Waals surface area contributed by atoms with Gasteiger partial charge in [0.05, 0.1) is 18.0 Å². The Hall–Kier alpha value is -2.55. The van der Waals surface area contributed by atoms with Gasteiger partial charge in [-0.05, 0) is 36.4 Å². The molecule has 1 aromatic rings. The molecule has 0 radical (unpaired) electrons. The quantitative estimate of drug-likeness (QED) is 0.806. The summed E-state index contributed by atoms with van der Waals surface area (Å²) in [4.78, 5) is 38.6. The zero-order chi connectivity index (χ0) is 20.3. The van der Waals surface area contributed by atoms with E-state index in [4.69, 9.17) is 4.74 Å². The molecular weight excluding hydrogens is 385 g/mol. The average molecular weight is 407 g/mol. The van der Waals surface area contributed by atoms with Crippen molar-refractivity contribution in [3.8, 4) is 0 Å². The van der Waals surface area contributed by atoms with Gasteiger partial charge in [-0.1, -0.05) is 6.08 Å². The first-order chi connectivity index (χ1) is 13.4. The Balaban J connectivity index is 1.72. The number of thioether (sulfide) groups is 1. The molecule has 0 unspecified atom stereocenters. The Morgan fingerprint density at radius 1 is 1.39 bits per heavy atom. The molecule has 0 aliphatic carbocycles. The molecule has 3 amide bonds. The van der Waals surface area contributed by atoms with Crippen molar-refractivity contribution in [2.75, 3.05) is 43.6 Å². The third-order valence-electron chi connectivity index (χ3n) is 4.79. The molecule has 0 spiro atoms. The molecule has 1 saturated heterocycles. The molecule has 2 aliphatic heterocycles. The number of anilines is 1. The number of nitrogens with one attached hydrogen (secondary N) is 1. The van der Waals surface area contributed by atoms with E-state index in [-0.39, 0.29) is 12.5 Å². The lowest BCUT2D eigenvalue weighted by Gasteiger charge is -2.27. The van der Waals surface area contributed by atoms with E-state index in [9.17, 15) is 18.8 Å². The molecule has 2 aliphatic rings. The number of carbonyl (C=O) groups excluding carboxylic acids is 3. The van der Waals surface area contributed by atoms with Crippen molar-refractivity contribution in [3.05, 3.63) is 35.7 Å². The highest BCUT2D eigenvalue weighted by Gasteiger charge is 2.36. The molecule has 0 saturated carbocycles. The topological polar surface area (TPSA) is 79.0 Å². The van der Waals surface area contributed by atoms with E-state index in [0.717, 1.165) is 5.57 Å². The van der Waals surface area contributed by atoms with Crippen LogP contribution in [0.4, 0.5) is 14.9 Å². The van der Waals surface area contributed by atoms with E-state index in [1.54, 1.807) is 17.0 Å². The van der Waals surface area contributed by atoms with Crippen molar-refractivity contribution < 1.29 is 23.5 Å². The molecule has 1 aromatic carbocycles. The minimum absolute atomic E-state index is 0.0342. The molecule has 3 rings (SSSR count). The minimum Gasteiger partial charge on any atom is -0.434 e. The van der Waals surface area contributed by atoms with Crippen molar-refractivity contribution in [1.82, 2.24) is 10.2 Å². The van der Waals surface area contributed by atoms with Crippen LogP contribution >= 0.6 is 11.8 Å². The van der Waals surface area contributed by atoms with Crippen LogP contribution in [0.25, 0.3) is 5.57 Å². The Morgan fingerprint density at radius 3 is 2.79 bits per heavy atom. The van der Waals surface area contributed by atoms with Crippen LogP contribution in [-0.2, 0) is 14.3 Å². The summed E-state index contributed by atoms with van der Waals surface area (Å²) >= 11 is 1.48. The van der Waals surface area contributed by atoms with Gasteiger partial charge in [0.25, 0.3) is 5.91 Å². The largest absolute Gasteiger partial charge is 0.434 e. The van der Waals surface area contributed by atoms with Gasteiger partial charge in [0, 0.05) is 25.7 Å². The molecule has 0 bridgehead atoms. The second kappa shape index (κ2) is 8.64. The molecule has 2 heterocycles. The molecule has 9 heteroatoms. The van der Waals surface area contributed by atoms with E-state index in [0.29, 0.717) is 36.5 Å². The van der Waals surface area contributed by atoms with Gasteiger partial charge in [-0.15, -0.1) is 0 Å². The maximum absolute atomic E-state index is 14.7. The average Bonchev–Trinajstić information content (AvgIpc) is 3.09. The summed E-state index contributed by atoms with van der Waals surface area (Å²) in [6.07, 6.45) is 2.73. The Labute approximate surface area is 166 Å². The van der Waals surface area contributed by atoms with E-state index in [1.165, 1.54) is 29.8 Å². The van der Waals surface area contributed by atoms with Gasteiger partial charge in [0.2, 0.25) is 5.91 Å². The van der Waals surface area contributed by atoms with Crippen molar-refractivity contribution in [1.29, 1.82) is 0 Å². The fourth-order valence-electron chi connectivity index (χ4n) is 3.26. The second-order valence-corrected chi connectivity index (χ2v) is 7.38. The molecule has 150 valence electrons. The number of likely N-dealkylation sites (N-methyl/N-ethyl adjacent to an activating group) is 1. The molecule has 0 aromatic heterocycles. The Kier molecular flexibility index (Phi) is 6.23. The maximum atomic E-state index is 14.7. The van der Waals surface area contributed by atoms with Crippen LogP contribution in [0.5, 0.6) is 0 Å². The standard InChI is InChI=1S/C19H22FN3O4S/c1-21-18(25)16-10-23(19(26)27-16)13-3-4-14(15(20)9-13)12-5-7-22(8-6-12)17(24)11-28-2/h3-5,9,16H,6-8,10-11H2,1-2H3,(H,21,25)/t16-/m1/s1. The van der Waals surface area contributed by atoms with Crippen molar-refractivity contribution in [2.24, 2.45) is 0 Å². The van der Waals surface area contributed by atoms with Gasteiger partial charge in [-0.2, -0.15) is 11.8 Å². The van der Waals surface area contributed by atoms with Crippen LogP contribution in [0.15, 0.2) is 24.3 Å². The van der Waals surface area contributed by atoms with Crippen LogP contribution in [0.1, 0.15) is 12.0 Å². The highest BCUT2D eigenvalue weighted by atomic mass is 32.2. The molecular formula is C19H22FN3O4S. The summed E-state index contributed by atoms with van der Waals surface area (Å²) in [6.45, 7) is 1.05. The third kappa shape index (κ3) is 4.14. The van der Waals surface area contributed by atoms with Crippen LogP contribution < -0.4 is 10.2 Å². The van der Waals surface area contributed by atoms with Gasteiger partial charge >= 0.3 is 6.09 Å². The van der Waals surface area contributed by atoms with E-state index < -0.39 is 23.9 Å². The summed E-state index contributed by atoms with van der Waals surface area (Å²) < 4.78 is 19.8. The van der Waals surface area contributed by atoms with Gasteiger partial charge in [0.15, 0.2) is 6.10 Å². The van der Waals surface area contributed by atoms with E-state index in [1.807, 2.05) is 12.3 Å². The summed E-state index contributed by atoms with van der Waals surface area (Å²) in [5.74, 6) is -0.337. The van der Waals surface area contributed by atoms with Gasteiger partial charge < -0.3 is 15.0 Å². The lowest BCUT2D eigenvalue weighted by Crippen LogP contribution is -2.35. The molecule has 1 fully saturated rings. The summed E-state index contributed by atoms with van der Waals surface area (Å²) in [5.41, 5.74) is 1.63. The Morgan fingerprint density at radius 2 is 2.18 bits per heavy atom. The number of hydrogen-bond donors (Lipinski definition) is 1. The number of carbonyl (C=O) groups is 3. The van der Waals surface area contributed by atoms with Crippen molar-refractivity contribution in [3.63, 3.8) is 0 Å². The van der Waals surface area contributed by atoms with E-state index >= 15 is 0 Å². The van der Waals surface area contributed by atoms with Crippen LogP contribution in [-0.4, -0.2) is 67.6 Å². The van der Waals surface area contributed by atoms with Gasteiger partial charge in [0.1, 0.15) is 5.82 Å². The molecule has 7 nitrogen and oxygen atoms in total. The number of hydrogen-bond acceptors (Lipinski definition) is 5. The van der Waals surface area contributed by atoms with Crippen LogP contribution in [0.2, 0.25) is 0 Å². The highest BCUT2D eigenvalue weighted by Crippen LogP contribution is 2.29. The number of amides is 3. The smallest absolute Gasteiger partial charge is 0.415 e. The zero-order valence-electron chi connectivity index (χ0n) is 15.7. The number of rotatable bonds is 5. The van der Waals surface area contributed by atoms with Crippen LogP contribution in [0.3, 0.4) is 0 Å². The fourth-order valence-corrected chi connectivity index (χ4v) is 3.69. The first-order valence-electron chi connectivity index (χ1n) is 8.90. The monoisotopic (exact) mass is 407 g/mol. The first-order valence-corrected chi connectivity index (χ1v) is 10.3. The maximum Gasteiger partial charge on any atom is 0.415 e. The molecule has 1 atom stereocenters. The SMILES string of the molecule is CNC(=O)[C@H]1CN(c2ccc(C3=CCN(C(=O)CSC)CC3)c(F)c2)C(=O)O1. The van der Waals surface area contributed by atoms with Gasteiger partial charge in [-0.25, -0.2) is 9.18 Å². The number of halogens is 1. The predicted octanol–water partition coefficient (Wildman–Crippen LogP) is 1.88. The van der Waals surface area contributed by atoms with Crippen molar-refractivity contribution in [2.45, 2.75) is 12.5 Å². The second-order valence-electron chi connectivity index (χ2n) is 6.51. The summed E-state index contributed by atoms with van der Waals surface area (Å²) in [7, 11) is 1.46. The van der Waals surface area contributed by atoms with E-state index in [2.05, 4.69) is 5.32 Å². The van der Waals surface area contributed by atoms with Gasteiger partial charge in [-0.3, -0.25) is 14.5 Å². The molecule has 28 heavy (non-hydrogen) atoms. The summed E-state index contributed by atoms with van der Waals surface area (Å²) in [6, 6.07) is 4.53. The van der Waals surface area contributed by atoms with Crippen LogP contribution in [0, 0.1) is 5.82 Å². The predicted molar refractivity (Wildman–Crippen MR) is 106 cm³/mol. The number of benzene rings is 1. The minimum atomic E-state index is -0.911. The number of cyclic esters (lactones) is 1. The van der Waals surface area contributed by atoms with Crippen molar-refractivity contribution >= 4 is 40.9 Å². The first kappa shape index (κ1) is 20.2. The third-order valence-corrected chi connectivity index (χ3v) is 5.33.